The molecule has 1 aliphatic heterocycles. The van der Waals surface area contributed by atoms with Crippen LogP contribution in [0.4, 0.5) is 5.69 Å². The summed E-state index contributed by atoms with van der Waals surface area (Å²) in [7, 11) is 0. The number of benzene rings is 1. The maximum absolute atomic E-state index is 12.0. The Balaban J connectivity index is 2.13. The molecule has 1 aromatic carbocycles. The molecule has 1 aromatic heterocycles. The number of imide groups is 1. The molecule has 1 saturated heterocycles. The summed E-state index contributed by atoms with van der Waals surface area (Å²) < 4.78 is 0. The van der Waals surface area contributed by atoms with Gasteiger partial charge in [0.2, 0.25) is 11.8 Å². The largest absolute Gasteiger partial charge is 0.397 e. The summed E-state index contributed by atoms with van der Waals surface area (Å²) in [5.41, 5.74) is 7.36. The molecule has 3 rings (SSSR count). The SMILES string of the molecule is Nc1cncc2c(C3CCC(=O)NC3=O)cccc12. The van der Waals surface area contributed by atoms with Gasteiger partial charge < -0.3 is 5.73 Å². The van der Waals surface area contributed by atoms with Crippen molar-refractivity contribution in [3.63, 3.8) is 0 Å². The van der Waals surface area contributed by atoms with Crippen molar-refractivity contribution in [1.29, 1.82) is 0 Å². The number of nitrogens with zero attached hydrogens (tertiary/aromatic N) is 1. The van der Waals surface area contributed by atoms with Crippen molar-refractivity contribution in [1.82, 2.24) is 10.3 Å². The Kier molecular flexibility index (Phi) is 2.67. The second-order valence-electron chi connectivity index (χ2n) is 4.67. The molecule has 0 aliphatic carbocycles. The van der Waals surface area contributed by atoms with Gasteiger partial charge in [-0.2, -0.15) is 0 Å². The first-order chi connectivity index (χ1) is 9.16. The highest BCUT2D eigenvalue weighted by Crippen LogP contribution is 2.32. The Morgan fingerprint density at radius 1 is 1.21 bits per heavy atom. The number of fused-ring (bicyclic) bond motifs is 1. The van der Waals surface area contributed by atoms with Crippen molar-refractivity contribution in [3.05, 3.63) is 36.2 Å². The van der Waals surface area contributed by atoms with Crippen molar-refractivity contribution in [2.75, 3.05) is 5.73 Å². The van der Waals surface area contributed by atoms with E-state index in [-0.39, 0.29) is 17.7 Å². The van der Waals surface area contributed by atoms with Crippen molar-refractivity contribution >= 4 is 28.3 Å². The van der Waals surface area contributed by atoms with E-state index in [1.807, 2.05) is 18.2 Å². The van der Waals surface area contributed by atoms with Crippen LogP contribution in [0.3, 0.4) is 0 Å². The number of hydrogen-bond acceptors (Lipinski definition) is 4. The van der Waals surface area contributed by atoms with Crippen LogP contribution in [0.15, 0.2) is 30.6 Å². The zero-order valence-electron chi connectivity index (χ0n) is 10.2. The number of aromatic nitrogens is 1. The lowest BCUT2D eigenvalue weighted by molar-refractivity contribution is -0.134. The molecule has 19 heavy (non-hydrogen) atoms. The van der Waals surface area contributed by atoms with Crippen LogP contribution < -0.4 is 11.1 Å². The molecule has 1 aliphatic rings. The van der Waals surface area contributed by atoms with Crippen LogP contribution in [-0.2, 0) is 9.59 Å². The number of carbonyl (C=O) groups excluding carboxylic acids is 2. The van der Waals surface area contributed by atoms with E-state index in [0.717, 1.165) is 16.3 Å². The highest BCUT2D eigenvalue weighted by molar-refractivity contribution is 6.04. The summed E-state index contributed by atoms with van der Waals surface area (Å²) in [6.07, 6.45) is 4.20. The molecule has 1 fully saturated rings. The fourth-order valence-electron chi connectivity index (χ4n) is 2.53. The molecule has 0 saturated carbocycles. The third kappa shape index (κ3) is 1.93. The third-order valence-corrected chi connectivity index (χ3v) is 3.48. The zero-order valence-corrected chi connectivity index (χ0v) is 10.2. The normalized spacial score (nSPS) is 19.5. The Morgan fingerprint density at radius 3 is 2.84 bits per heavy atom. The van der Waals surface area contributed by atoms with Gasteiger partial charge in [-0.25, -0.2) is 0 Å². The lowest BCUT2D eigenvalue weighted by Gasteiger charge is -2.22. The first-order valence-corrected chi connectivity index (χ1v) is 6.12. The third-order valence-electron chi connectivity index (χ3n) is 3.48. The topological polar surface area (TPSA) is 85.1 Å². The minimum Gasteiger partial charge on any atom is -0.397 e. The highest BCUT2D eigenvalue weighted by atomic mass is 16.2. The summed E-state index contributed by atoms with van der Waals surface area (Å²) >= 11 is 0. The average molecular weight is 255 g/mol. The molecular weight excluding hydrogens is 242 g/mol. The van der Waals surface area contributed by atoms with Gasteiger partial charge in [0, 0.05) is 23.4 Å². The summed E-state index contributed by atoms with van der Waals surface area (Å²) in [6, 6.07) is 5.67. The van der Waals surface area contributed by atoms with E-state index < -0.39 is 0 Å². The number of pyridine rings is 1. The Bertz CT molecular complexity index is 681. The smallest absolute Gasteiger partial charge is 0.234 e. The van der Waals surface area contributed by atoms with Crippen molar-refractivity contribution < 1.29 is 9.59 Å². The molecule has 2 aromatic rings. The number of hydrogen-bond donors (Lipinski definition) is 2. The van der Waals surface area contributed by atoms with Crippen LogP contribution in [-0.4, -0.2) is 16.8 Å². The van der Waals surface area contributed by atoms with Gasteiger partial charge in [-0.15, -0.1) is 0 Å². The molecule has 5 heteroatoms. The van der Waals surface area contributed by atoms with E-state index in [1.54, 1.807) is 12.4 Å². The molecule has 2 heterocycles. The quantitative estimate of drug-likeness (QED) is 0.753. The van der Waals surface area contributed by atoms with Gasteiger partial charge in [0.15, 0.2) is 0 Å². The molecule has 3 N–H and O–H groups in total. The lowest BCUT2D eigenvalue weighted by Crippen LogP contribution is -2.39. The van der Waals surface area contributed by atoms with Gasteiger partial charge >= 0.3 is 0 Å². The molecule has 1 atom stereocenters. The van der Waals surface area contributed by atoms with Crippen molar-refractivity contribution in [2.45, 2.75) is 18.8 Å². The van der Waals surface area contributed by atoms with Gasteiger partial charge in [0.1, 0.15) is 0 Å². The molecular formula is C14H13N3O2. The van der Waals surface area contributed by atoms with Crippen LogP contribution in [0.25, 0.3) is 10.8 Å². The first-order valence-electron chi connectivity index (χ1n) is 6.12. The highest BCUT2D eigenvalue weighted by Gasteiger charge is 2.29. The van der Waals surface area contributed by atoms with E-state index in [2.05, 4.69) is 10.3 Å². The molecule has 1 unspecified atom stereocenters. The van der Waals surface area contributed by atoms with E-state index in [1.165, 1.54) is 0 Å². The fraction of sp³-hybridized carbons (Fsp3) is 0.214. The molecule has 0 bridgehead atoms. The molecule has 0 radical (unpaired) electrons. The fourth-order valence-corrected chi connectivity index (χ4v) is 2.53. The Morgan fingerprint density at radius 2 is 2.05 bits per heavy atom. The summed E-state index contributed by atoms with van der Waals surface area (Å²) in [4.78, 5) is 27.2. The van der Waals surface area contributed by atoms with Gasteiger partial charge in [-0.1, -0.05) is 18.2 Å². The van der Waals surface area contributed by atoms with Crippen LogP contribution >= 0.6 is 0 Å². The van der Waals surface area contributed by atoms with Crippen molar-refractivity contribution in [2.24, 2.45) is 0 Å². The minimum atomic E-state index is -0.315. The van der Waals surface area contributed by atoms with E-state index in [4.69, 9.17) is 5.73 Å². The maximum Gasteiger partial charge on any atom is 0.234 e. The Hall–Kier alpha value is -2.43. The molecule has 2 amide bonds. The van der Waals surface area contributed by atoms with Gasteiger partial charge in [-0.3, -0.25) is 19.9 Å². The average Bonchev–Trinajstić information content (AvgIpc) is 2.39. The zero-order chi connectivity index (χ0) is 13.4. The number of anilines is 1. The monoisotopic (exact) mass is 255 g/mol. The van der Waals surface area contributed by atoms with Gasteiger partial charge in [-0.05, 0) is 12.0 Å². The lowest BCUT2D eigenvalue weighted by atomic mass is 9.87. The number of nitrogen functional groups attached to an aromatic ring is 1. The van der Waals surface area contributed by atoms with E-state index >= 15 is 0 Å². The van der Waals surface area contributed by atoms with Gasteiger partial charge in [0.25, 0.3) is 0 Å². The minimum absolute atomic E-state index is 0.209. The summed E-state index contributed by atoms with van der Waals surface area (Å²) in [5.74, 6) is -0.768. The Labute approximate surface area is 109 Å². The molecule has 0 spiro atoms. The van der Waals surface area contributed by atoms with E-state index in [9.17, 15) is 9.59 Å². The van der Waals surface area contributed by atoms with Crippen LogP contribution in [0.2, 0.25) is 0 Å². The number of carbonyl (C=O) groups is 2. The van der Waals surface area contributed by atoms with Crippen LogP contribution in [0.5, 0.6) is 0 Å². The van der Waals surface area contributed by atoms with Crippen LogP contribution in [0.1, 0.15) is 24.3 Å². The summed E-state index contributed by atoms with van der Waals surface area (Å²) in [6.45, 7) is 0. The predicted molar refractivity (Wildman–Crippen MR) is 71.3 cm³/mol. The number of piperidine rings is 1. The number of nitrogens with one attached hydrogen (secondary N) is 1. The van der Waals surface area contributed by atoms with E-state index in [0.29, 0.717) is 18.5 Å². The summed E-state index contributed by atoms with van der Waals surface area (Å²) in [5, 5.41) is 4.14. The molecule has 5 nitrogen and oxygen atoms in total. The van der Waals surface area contributed by atoms with Crippen molar-refractivity contribution in [3.8, 4) is 0 Å². The second-order valence-corrected chi connectivity index (χ2v) is 4.67. The number of rotatable bonds is 1. The van der Waals surface area contributed by atoms with Gasteiger partial charge in [0.05, 0.1) is 17.8 Å². The first kappa shape index (κ1) is 11.6. The number of amides is 2. The second kappa shape index (κ2) is 4.35. The van der Waals surface area contributed by atoms with Crippen LogP contribution in [0, 0.1) is 0 Å². The maximum atomic E-state index is 12.0. The standard InChI is InChI=1S/C14H13N3O2/c15-12-7-16-6-11-8(2-1-3-9(11)12)10-4-5-13(18)17-14(10)19/h1-3,6-7,10H,4-5,15H2,(H,17,18,19). The predicted octanol–water partition coefficient (Wildman–Crippen LogP) is 1.34. The number of nitrogens with two attached hydrogens (primary N) is 1. The molecule has 96 valence electrons.